The molecule has 1 aromatic carbocycles. The lowest BCUT2D eigenvalue weighted by Crippen LogP contribution is -2.60. The number of hydrogen-bond acceptors (Lipinski definition) is 3. The minimum absolute atomic E-state index is 0. The van der Waals surface area contributed by atoms with Crippen LogP contribution in [0, 0.1) is 11.8 Å². The van der Waals surface area contributed by atoms with Crippen LogP contribution in [0.1, 0.15) is 12.8 Å². The second-order valence-corrected chi connectivity index (χ2v) is 7.23. The summed E-state index contributed by atoms with van der Waals surface area (Å²) >= 11 is 6.09. The van der Waals surface area contributed by atoms with E-state index in [0.29, 0.717) is 24.0 Å². The van der Waals surface area contributed by atoms with E-state index in [1.165, 1.54) is 12.8 Å². The first kappa shape index (κ1) is 17.9. The molecule has 0 radical (unpaired) electrons. The summed E-state index contributed by atoms with van der Waals surface area (Å²) in [6.07, 6.45) is 2.83. The van der Waals surface area contributed by atoms with E-state index in [1.807, 2.05) is 24.3 Å². The molecule has 0 amide bonds. The highest BCUT2D eigenvalue weighted by Crippen LogP contribution is 2.39. The Morgan fingerprint density at radius 1 is 1.23 bits per heavy atom. The van der Waals surface area contributed by atoms with Gasteiger partial charge in [-0.25, -0.2) is 0 Å². The Balaban J connectivity index is 0.00000176. The van der Waals surface area contributed by atoms with Gasteiger partial charge in [-0.1, -0.05) is 17.7 Å². The van der Waals surface area contributed by atoms with Gasteiger partial charge in [0.1, 0.15) is 11.9 Å². The average Bonchev–Trinajstić information content (AvgIpc) is 2.39. The van der Waals surface area contributed by atoms with Crippen molar-refractivity contribution in [2.75, 3.05) is 34.2 Å². The number of hydrogen-bond donors (Lipinski definition) is 0. The van der Waals surface area contributed by atoms with Gasteiger partial charge in [0.15, 0.2) is 0 Å². The molecule has 5 heteroatoms. The van der Waals surface area contributed by atoms with Crippen molar-refractivity contribution in [3.63, 3.8) is 0 Å². The second-order valence-electron chi connectivity index (χ2n) is 6.79. The van der Waals surface area contributed by atoms with Crippen molar-refractivity contribution < 1.29 is 4.74 Å². The van der Waals surface area contributed by atoms with Crippen molar-refractivity contribution in [3.05, 3.63) is 29.3 Å². The van der Waals surface area contributed by atoms with Gasteiger partial charge in [0.05, 0.1) is 0 Å². The van der Waals surface area contributed by atoms with Crippen LogP contribution in [0.2, 0.25) is 5.02 Å². The maximum atomic E-state index is 6.39. The standard InChI is InChI=1S/C17H25ClN2O.ClH/c1-19(2)16-8-7-12-10-20(3)11-15(16)17(12)21-14-6-4-5-13(18)9-14;/h4-6,9,12,15-17H,7-8,10-11H2,1-3H3;1H/t12?,15?,16-,17-;/m1./s1. The number of likely N-dealkylation sites (tertiary alicyclic amines) is 1. The molecule has 3 rings (SSSR count). The Morgan fingerprint density at radius 3 is 2.68 bits per heavy atom. The van der Waals surface area contributed by atoms with Crippen molar-refractivity contribution in [2.24, 2.45) is 11.8 Å². The first-order valence-corrected chi connectivity index (χ1v) is 8.19. The van der Waals surface area contributed by atoms with Crippen molar-refractivity contribution in [1.29, 1.82) is 0 Å². The molecule has 0 N–H and O–H groups in total. The van der Waals surface area contributed by atoms with Crippen LogP contribution < -0.4 is 4.74 Å². The topological polar surface area (TPSA) is 15.7 Å². The third-order valence-corrected chi connectivity index (χ3v) is 5.25. The van der Waals surface area contributed by atoms with Crippen molar-refractivity contribution >= 4 is 24.0 Å². The number of ether oxygens (including phenoxy) is 1. The first-order valence-electron chi connectivity index (χ1n) is 7.82. The highest BCUT2D eigenvalue weighted by Gasteiger charge is 2.45. The summed E-state index contributed by atoms with van der Waals surface area (Å²) in [7, 11) is 6.61. The summed E-state index contributed by atoms with van der Waals surface area (Å²) in [4.78, 5) is 4.83. The fraction of sp³-hybridized carbons (Fsp3) is 0.647. The number of benzene rings is 1. The predicted octanol–water partition coefficient (Wildman–Crippen LogP) is 3.41. The third-order valence-electron chi connectivity index (χ3n) is 5.01. The Bertz CT molecular complexity index is 497. The summed E-state index contributed by atoms with van der Waals surface area (Å²) < 4.78 is 6.39. The molecule has 2 unspecified atom stereocenters. The summed E-state index contributed by atoms with van der Waals surface area (Å²) in [5, 5.41) is 0.745. The van der Waals surface area contributed by atoms with Gasteiger partial charge in [-0.05, 0) is 52.2 Å². The molecular formula is C17H26Cl2N2O. The SMILES string of the molecule is CN1CC2CC[C@@H](N(C)C)C(C1)[C@@H]2Oc1cccc(Cl)c1.Cl. The average molecular weight is 345 g/mol. The maximum Gasteiger partial charge on any atom is 0.121 e. The number of rotatable bonds is 3. The van der Waals surface area contributed by atoms with Crippen LogP contribution >= 0.6 is 24.0 Å². The zero-order chi connectivity index (χ0) is 15.0. The van der Waals surface area contributed by atoms with Gasteiger partial charge in [0.25, 0.3) is 0 Å². The first-order chi connectivity index (χ1) is 10.0. The zero-order valence-electron chi connectivity index (χ0n) is 13.5. The molecule has 1 heterocycles. The molecule has 2 fully saturated rings. The number of fused-ring (bicyclic) bond motifs is 2. The van der Waals surface area contributed by atoms with E-state index >= 15 is 0 Å². The van der Waals surface area contributed by atoms with Gasteiger partial charge in [-0.3, -0.25) is 0 Å². The van der Waals surface area contributed by atoms with Gasteiger partial charge in [-0.2, -0.15) is 0 Å². The lowest BCUT2D eigenvalue weighted by Gasteiger charge is -2.51. The Morgan fingerprint density at radius 2 is 2.00 bits per heavy atom. The van der Waals surface area contributed by atoms with Crippen LogP contribution in [0.5, 0.6) is 5.75 Å². The molecule has 1 aliphatic carbocycles. The van der Waals surface area contributed by atoms with Crippen LogP contribution in [0.4, 0.5) is 0 Å². The highest BCUT2D eigenvalue weighted by atomic mass is 35.5. The van der Waals surface area contributed by atoms with Gasteiger partial charge in [-0.15, -0.1) is 12.4 Å². The van der Waals surface area contributed by atoms with E-state index < -0.39 is 0 Å². The molecule has 2 bridgehead atoms. The Hall–Kier alpha value is -0.480. The van der Waals surface area contributed by atoms with E-state index in [4.69, 9.17) is 16.3 Å². The van der Waals surface area contributed by atoms with E-state index in [-0.39, 0.29) is 12.4 Å². The molecule has 0 aromatic heterocycles. The molecule has 1 aromatic rings. The highest BCUT2D eigenvalue weighted by molar-refractivity contribution is 6.30. The number of halogens is 2. The van der Waals surface area contributed by atoms with Crippen LogP contribution in [0.15, 0.2) is 24.3 Å². The summed E-state index contributed by atoms with van der Waals surface area (Å²) in [6.45, 7) is 2.26. The second kappa shape index (κ2) is 7.39. The fourth-order valence-corrected chi connectivity index (χ4v) is 4.29. The summed E-state index contributed by atoms with van der Waals surface area (Å²) in [6, 6.07) is 8.41. The number of piperidine rings is 1. The molecule has 124 valence electrons. The smallest absolute Gasteiger partial charge is 0.121 e. The molecule has 1 saturated carbocycles. The molecule has 2 aliphatic rings. The normalized spacial score (nSPS) is 31.7. The van der Waals surface area contributed by atoms with Crippen LogP contribution in [0.25, 0.3) is 0 Å². The lowest BCUT2D eigenvalue weighted by molar-refractivity contribution is -0.0622. The van der Waals surface area contributed by atoms with E-state index in [9.17, 15) is 0 Å². The number of nitrogens with zero attached hydrogens (tertiary/aromatic N) is 2. The van der Waals surface area contributed by atoms with Gasteiger partial charge < -0.3 is 14.5 Å². The van der Waals surface area contributed by atoms with Crippen LogP contribution in [-0.2, 0) is 0 Å². The lowest BCUT2D eigenvalue weighted by atomic mass is 9.72. The zero-order valence-corrected chi connectivity index (χ0v) is 15.1. The molecule has 4 atom stereocenters. The molecule has 22 heavy (non-hydrogen) atoms. The van der Waals surface area contributed by atoms with E-state index in [0.717, 1.165) is 23.9 Å². The predicted molar refractivity (Wildman–Crippen MR) is 94.3 cm³/mol. The van der Waals surface area contributed by atoms with Crippen molar-refractivity contribution in [1.82, 2.24) is 9.80 Å². The molecule has 0 spiro atoms. The van der Waals surface area contributed by atoms with Gasteiger partial charge in [0, 0.05) is 36.0 Å². The van der Waals surface area contributed by atoms with Gasteiger partial charge >= 0.3 is 0 Å². The quantitative estimate of drug-likeness (QED) is 0.835. The van der Waals surface area contributed by atoms with E-state index in [1.54, 1.807) is 0 Å². The van der Waals surface area contributed by atoms with Crippen LogP contribution in [0.3, 0.4) is 0 Å². The maximum absolute atomic E-state index is 6.39. The monoisotopic (exact) mass is 344 g/mol. The Kier molecular flexibility index (Phi) is 6.00. The third kappa shape index (κ3) is 3.70. The minimum Gasteiger partial charge on any atom is -0.490 e. The molecule has 1 aliphatic heterocycles. The molecule has 3 nitrogen and oxygen atoms in total. The van der Waals surface area contributed by atoms with Crippen molar-refractivity contribution in [2.45, 2.75) is 25.0 Å². The van der Waals surface area contributed by atoms with Gasteiger partial charge in [0.2, 0.25) is 0 Å². The summed E-state index contributed by atoms with van der Waals surface area (Å²) in [5.74, 6) is 2.10. The largest absolute Gasteiger partial charge is 0.490 e. The Labute approximate surface area is 145 Å². The minimum atomic E-state index is 0. The fourth-order valence-electron chi connectivity index (χ4n) is 4.11. The van der Waals surface area contributed by atoms with E-state index in [2.05, 4.69) is 30.9 Å². The molecular weight excluding hydrogens is 319 g/mol. The van der Waals surface area contributed by atoms with Crippen molar-refractivity contribution in [3.8, 4) is 5.75 Å². The summed E-state index contributed by atoms with van der Waals surface area (Å²) in [5.41, 5.74) is 0. The molecule has 1 saturated heterocycles. The van der Waals surface area contributed by atoms with Crippen LogP contribution in [-0.4, -0.2) is 56.2 Å².